The molecule has 4 nitrogen and oxygen atoms in total. The Morgan fingerprint density at radius 1 is 1.19 bits per heavy atom. The first-order chi connectivity index (χ1) is 12.5. The zero-order valence-electron chi connectivity index (χ0n) is 15.1. The van der Waals surface area contributed by atoms with Crippen LogP contribution in [0.3, 0.4) is 0 Å². The van der Waals surface area contributed by atoms with Crippen LogP contribution in [0.25, 0.3) is 0 Å². The summed E-state index contributed by atoms with van der Waals surface area (Å²) >= 11 is 3.40. The molecule has 0 N–H and O–H groups in total. The van der Waals surface area contributed by atoms with Crippen LogP contribution < -0.4 is 0 Å². The number of rotatable bonds is 4. The average molecular weight is 413 g/mol. The van der Waals surface area contributed by atoms with Crippen LogP contribution >= 0.6 is 15.9 Å². The number of aromatic nitrogens is 2. The zero-order valence-corrected chi connectivity index (χ0v) is 16.7. The summed E-state index contributed by atoms with van der Waals surface area (Å²) < 4.78 is 7.95. The highest BCUT2D eigenvalue weighted by atomic mass is 79.9. The molecule has 134 valence electrons. The van der Waals surface area contributed by atoms with E-state index in [1.54, 1.807) is 12.4 Å². The lowest BCUT2D eigenvalue weighted by molar-refractivity contribution is 0.140. The predicted octanol–water partition coefficient (Wildman–Crippen LogP) is 5.60. The largest absolute Gasteiger partial charge is 0.444 e. The van der Waals surface area contributed by atoms with E-state index in [1.807, 2.05) is 30.3 Å². The molecule has 26 heavy (non-hydrogen) atoms. The van der Waals surface area contributed by atoms with Crippen molar-refractivity contribution in [3.63, 3.8) is 0 Å². The third kappa shape index (κ3) is 3.88. The number of carbonyl (C=O) groups excluding carboxylic acids is 1. The molecule has 3 rings (SSSR count). The normalized spacial score (nSPS) is 12.0. The van der Waals surface area contributed by atoms with E-state index in [0.29, 0.717) is 5.82 Å². The van der Waals surface area contributed by atoms with E-state index >= 15 is 0 Å². The molecule has 0 spiro atoms. The van der Waals surface area contributed by atoms with Crippen molar-refractivity contribution in [3.05, 3.63) is 87.4 Å². The molecule has 0 radical (unpaired) electrons. The van der Waals surface area contributed by atoms with Gasteiger partial charge in [0.2, 0.25) is 0 Å². The first-order valence-electron chi connectivity index (χ1n) is 8.48. The van der Waals surface area contributed by atoms with Gasteiger partial charge in [0.1, 0.15) is 12.4 Å². The van der Waals surface area contributed by atoms with E-state index in [0.717, 1.165) is 15.6 Å². The van der Waals surface area contributed by atoms with Crippen molar-refractivity contribution in [2.45, 2.75) is 33.3 Å². The third-order valence-corrected chi connectivity index (χ3v) is 5.17. The zero-order chi connectivity index (χ0) is 18.7. The maximum Gasteiger partial charge on any atom is 0.419 e. The standard InChI is InChI=1S/C21H21BrN2O2/c1-14-5-4-6-19(15(14)2)16(3)20-23-11-12-24(20)21(25)26-13-17-7-9-18(22)10-8-17/h4-12,16H,13H2,1-3H3/t16-/m0/s1. The Morgan fingerprint density at radius 3 is 2.65 bits per heavy atom. The average Bonchev–Trinajstić information content (AvgIpc) is 3.12. The lowest BCUT2D eigenvalue weighted by Gasteiger charge is -2.17. The van der Waals surface area contributed by atoms with Gasteiger partial charge >= 0.3 is 6.09 Å². The maximum absolute atomic E-state index is 12.5. The van der Waals surface area contributed by atoms with Crippen LogP contribution in [0.1, 0.15) is 40.9 Å². The van der Waals surface area contributed by atoms with Crippen molar-refractivity contribution < 1.29 is 9.53 Å². The molecule has 3 aromatic rings. The highest BCUT2D eigenvalue weighted by Gasteiger charge is 2.20. The summed E-state index contributed by atoms with van der Waals surface area (Å²) in [6, 6.07) is 13.9. The summed E-state index contributed by atoms with van der Waals surface area (Å²) in [4.78, 5) is 17.0. The van der Waals surface area contributed by atoms with Crippen LogP contribution in [0.4, 0.5) is 4.79 Å². The Labute approximate surface area is 162 Å². The molecule has 0 saturated carbocycles. The first-order valence-corrected chi connectivity index (χ1v) is 9.27. The molecule has 0 amide bonds. The molecule has 0 fully saturated rings. The van der Waals surface area contributed by atoms with Crippen molar-refractivity contribution in [2.75, 3.05) is 0 Å². The fourth-order valence-electron chi connectivity index (χ4n) is 2.97. The van der Waals surface area contributed by atoms with Gasteiger partial charge in [-0.3, -0.25) is 0 Å². The van der Waals surface area contributed by atoms with Gasteiger partial charge in [0, 0.05) is 22.8 Å². The highest BCUT2D eigenvalue weighted by Crippen LogP contribution is 2.27. The van der Waals surface area contributed by atoms with Gasteiger partial charge in [-0.2, -0.15) is 0 Å². The second kappa shape index (κ2) is 7.87. The molecule has 1 aromatic heterocycles. The lowest BCUT2D eigenvalue weighted by atomic mass is 9.93. The minimum Gasteiger partial charge on any atom is -0.444 e. The molecular weight excluding hydrogens is 392 g/mol. The summed E-state index contributed by atoms with van der Waals surface area (Å²) in [6.07, 6.45) is 2.87. The summed E-state index contributed by atoms with van der Waals surface area (Å²) in [5, 5.41) is 0. The molecule has 0 bridgehead atoms. The molecule has 0 saturated heterocycles. The molecular formula is C21H21BrN2O2. The number of halogens is 1. The molecule has 5 heteroatoms. The fraction of sp³-hybridized carbons (Fsp3) is 0.238. The summed E-state index contributed by atoms with van der Waals surface area (Å²) in [6.45, 7) is 6.47. The number of hydrogen-bond acceptors (Lipinski definition) is 3. The van der Waals surface area contributed by atoms with E-state index < -0.39 is 6.09 Å². The SMILES string of the molecule is Cc1cccc([C@H](C)c2nccn2C(=O)OCc2ccc(Br)cc2)c1C. The Hall–Kier alpha value is -2.40. The van der Waals surface area contributed by atoms with E-state index in [1.165, 1.54) is 15.7 Å². The van der Waals surface area contributed by atoms with E-state index in [2.05, 4.69) is 53.8 Å². The molecule has 0 aliphatic rings. The number of ether oxygens (including phenoxy) is 1. The molecule has 1 heterocycles. The topological polar surface area (TPSA) is 44.1 Å². The van der Waals surface area contributed by atoms with Crippen LogP contribution in [-0.2, 0) is 11.3 Å². The number of imidazole rings is 1. The van der Waals surface area contributed by atoms with Gasteiger partial charge in [-0.05, 0) is 48.2 Å². The highest BCUT2D eigenvalue weighted by molar-refractivity contribution is 9.10. The van der Waals surface area contributed by atoms with Crippen molar-refractivity contribution in [3.8, 4) is 0 Å². The lowest BCUT2D eigenvalue weighted by Crippen LogP contribution is -2.18. The maximum atomic E-state index is 12.5. The minimum atomic E-state index is -0.419. The van der Waals surface area contributed by atoms with Crippen LogP contribution in [0.5, 0.6) is 0 Å². The van der Waals surface area contributed by atoms with Crippen molar-refractivity contribution >= 4 is 22.0 Å². The minimum absolute atomic E-state index is 0.00914. The van der Waals surface area contributed by atoms with Gasteiger partial charge in [-0.25, -0.2) is 14.3 Å². The molecule has 0 aliphatic heterocycles. The fourth-order valence-corrected chi connectivity index (χ4v) is 3.23. The molecule has 1 atom stereocenters. The summed E-state index contributed by atoms with van der Waals surface area (Å²) in [5.74, 6) is 0.671. The van der Waals surface area contributed by atoms with Gasteiger partial charge in [0.05, 0.1) is 0 Å². The molecule has 2 aromatic carbocycles. The van der Waals surface area contributed by atoms with Gasteiger partial charge in [-0.15, -0.1) is 0 Å². The summed E-state index contributed by atoms with van der Waals surface area (Å²) in [5.41, 5.74) is 4.55. The number of benzene rings is 2. The number of nitrogens with zero attached hydrogens (tertiary/aromatic N) is 2. The van der Waals surface area contributed by atoms with E-state index in [9.17, 15) is 4.79 Å². The van der Waals surface area contributed by atoms with Crippen molar-refractivity contribution in [1.29, 1.82) is 0 Å². The van der Waals surface area contributed by atoms with Crippen LogP contribution in [0.2, 0.25) is 0 Å². The van der Waals surface area contributed by atoms with Gasteiger partial charge < -0.3 is 4.74 Å². The van der Waals surface area contributed by atoms with Gasteiger partial charge in [0.15, 0.2) is 0 Å². The van der Waals surface area contributed by atoms with Crippen LogP contribution in [0, 0.1) is 13.8 Å². The molecule has 0 unspecified atom stereocenters. The van der Waals surface area contributed by atoms with E-state index in [-0.39, 0.29) is 12.5 Å². The quantitative estimate of drug-likeness (QED) is 0.559. The van der Waals surface area contributed by atoms with Crippen molar-refractivity contribution in [2.24, 2.45) is 0 Å². The Kier molecular flexibility index (Phi) is 5.57. The molecule has 0 aliphatic carbocycles. The van der Waals surface area contributed by atoms with Crippen molar-refractivity contribution in [1.82, 2.24) is 9.55 Å². The smallest absolute Gasteiger partial charge is 0.419 e. The second-order valence-corrected chi connectivity index (χ2v) is 7.26. The monoisotopic (exact) mass is 412 g/mol. The van der Waals surface area contributed by atoms with E-state index in [4.69, 9.17) is 4.74 Å². The predicted molar refractivity (Wildman–Crippen MR) is 105 cm³/mol. The Balaban J connectivity index is 1.78. The Bertz CT molecular complexity index is 916. The van der Waals surface area contributed by atoms with Crippen LogP contribution in [0.15, 0.2) is 59.3 Å². The number of aryl methyl sites for hydroxylation is 1. The van der Waals surface area contributed by atoms with Gasteiger partial charge in [0.25, 0.3) is 0 Å². The summed E-state index contributed by atoms with van der Waals surface area (Å²) in [7, 11) is 0. The third-order valence-electron chi connectivity index (χ3n) is 4.64. The number of carbonyl (C=O) groups is 1. The van der Waals surface area contributed by atoms with Crippen LogP contribution in [-0.4, -0.2) is 15.6 Å². The second-order valence-electron chi connectivity index (χ2n) is 6.35. The number of hydrogen-bond donors (Lipinski definition) is 0. The first kappa shape index (κ1) is 18.4. The Morgan fingerprint density at radius 2 is 1.92 bits per heavy atom. The van der Waals surface area contributed by atoms with Gasteiger partial charge in [-0.1, -0.05) is 53.2 Å².